The number of benzene rings is 1. The lowest BCUT2D eigenvalue weighted by molar-refractivity contribution is -0.115. The Morgan fingerprint density at radius 1 is 1.53 bits per heavy atom. The summed E-state index contributed by atoms with van der Waals surface area (Å²) in [5.74, 6) is 0.0213. The average Bonchev–Trinajstić information content (AvgIpc) is 2.64. The van der Waals surface area contributed by atoms with Crippen molar-refractivity contribution in [2.45, 2.75) is 27.2 Å². The van der Waals surface area contributed by atoms with Crippen molar-refractivity contribution in [2.24, 2.45) is 0 Å². The van der Waals surface area contributed by atoms with Gasteiger partial charge in [0.25, 0.3) is 0 Å². The number of aromatic nitrogens is 1. The van der Waals surface area contributed by atoms with Crippen LogP contribution in [0, 0.1) is 13.8 Å². The smallest absolute Gasteiger partial charge is 0.224 e. The van der Waals surface area contributed by atoms with Crippen molar-refractivity contribution in [3.05, 3.63) is 17.2 Å². The molecule has 3 N–H and O–H groups in total. The van der Waals surface area contributed by atoms with Crippen LogP contribution in [0.15, 0.2) is 6.07 Å². The lowest BCUT2D eigenvalue weighted by Gasteiger charge is -2.11. The molecule has 0 saturated carbocycles. The highest BCUT2D eigenvalue weighted by molar-refractivity contribution is 7.22. The van der Waals surface area contributed by atoms with E-state index in [0.29, 0.717) is 11.6 Å². The van der Waals surface area contributed by atoms with E-state index in [1.165, 1.54) is 11.3 Å². The number of fused-ring (bicyclic) bond motifs is 1. The number of aryl methyl sites for hydroxylation is 2. The number of anilines is 2. The van der Waals surface area contributed by atoms with Crippen LogP contribution in [0.5, 0.6) is 0 Å². The van der Waals surface area contributed by atoms with Gasteiger partial charge in [0.15, 0.2) is 5.13 Å². The topological polar surface area (TPSA) is 68.0 Å². The van der Waals surface area contributed by atoms with E-state index >= 15 is 0 Å². The third-order valence-electron chi connectivity index (χ3n) is 2.72. The number of hydrogen-bond acceptors (Lipinski definition) is 4. The van der Waals surface area contributed by atoms with Crippen LogP contribution in [0.2, 0.25) is 0 Å². The summed E-state index contributed by atoms with van der Waals surface area (Å²) >= 11 is 1.45. The maximum absolute atomic E-state index is 11.5. The molecule has 17 heavy (non-hydrogen) atoms. The van der Waals surface area contributed by atoms with Crippen molar-refractivity contribution >= 4 is 38.3 Å². The highest BCUT2D eigenvalue weighted by atomic mass is 32.1. The molecule has 0 spiro atoms. The van der Waals surface area contributed by atoms with Crippen LogP contribution in [0.4, 0.5) is 10.8 Å². The Bertz CT molecular complexity index is 589. The van der Waals surface area contributed by atoms with Crippen LogP contribution in [-0.4, -0.2) is 10.9 Å². The minimum Gasteiger partial charge on any atom is -0.375 e. The maximum atomic E-state index is 11.5. The summed E-state index contributed by atoms with van der Waals surface area (Å²) in [6.45, 7) is 5.79. The summed E-state index contributed by atoms with van der Waals surface area (Å²) in [6.07, 6.45) is 0.474. The number of nitrogens with zero attached hydrogens (tertiary/aromatic N) is 1. The van der Waals surface area contributed by atoms with Crippen molar-refractivity contribution in [1.29, 1.82) is 0 Å². The highest BCUT2D eigenvalue weighted by Crippen LogP contribution is 2.33. The number of nitrogens with one attached hydrogen (secondary N) is 1. The molecule has 2 rings (SSSR count). The van der Waals surface area contributed by atoms with E-state index in [4.69, 9.17) is 5.73 Å². The predicted molar refractivity (Wildman–Crippen MR) is 72.4 cm³/mol. The summed E-state index contributed by atoms with van der Waals surface area (Å²) in [5, 5.41) is 3.49. The first kappa shape index (κ1) is 11.9. The van der Waals surface area contributed by atoms with Crippen molar-refractivity contribution in [2.75, 3.05) is 11.1 Å². The minimum atomic E-state index is 0.0213. The fraction of sp³-hybridized carbons (Fsp3) is 0.333. The molecule has 0 atom stereocenters. The number of amides is 1. The second-order valence-corrected chi connectivity index (χ2v) is 5.03. The molecule has 0 unspecified atom stereocenters. The number of carbonyl (C=O) groups excluding carboxylic acids is 1. The molecule has 1 aromatic heterocycles. The van der Waals surface area contributed by atoms with Gasteiger partial charge in [0.05, 0.1) is 10.2 Å². The second kappa shape index (κ2) is 4.33. The summed E-state index contributed by atoms with van der Waals surface area (Å²) in [5.41, 5.74) is 9.54. The Morgan fingerprint density at radius 3 is 2.88 bits per heavy atom. The fourth-order valence-electron chi connectivity index (χ4n) is 1.82. The third-order valence-corrected chi connectivity index (χ3v) is 3.74. The first-order valence-corrected chi connectivity index (χ1v) is 6.30. The molecule has 0 radical (unpaired) electrons. The molecule has 2 aromatic rings. The van der Waals surface area contributed by atoms with Crippen LogP contribution in [0.25, 0.3) is 10.2 Å². The Morgan fingerprint density at radius 2 is 2.24 bits per heavy atom. The highest BCUT2D eigenvalue weighted by Gasteiger charge is 2.12. The van der Waals surface area contributed by atoms with Gasteiger partial charge in [-0.3, -0.25) is 4.79 Å². The van der Waals surface area contributed by atoms with Crippen LogP contribution in [-0.2, 0) is 4.79 Å². The van der Waals surface area contributed by atoms with Gasteiger partial charge in [-0.05, 0) is 31.0 Å². The number of nitrogen functional groups attached to an aromatic ring is 1. The van der Waals surface area contributed by atoms with Gasteiger partial charge in [0.1, 0.15) is 0 Å². The zero-order valence-electron chi connectivity index (χ0n) is 10.1. The van der Waals surface area contributed by atoms with Crippen LogP contribution < -0.4 is 11.1 Å². The first-order chi connectivity index (χ1) is 8.02. The molecule has 0 fully saturated rings. The van der Waals surface area contributed by atoms with Gasteiger partial charge in [-0.1, -0.05) is 18.3 Å². The zero-order valence-corrected chi connectivity index (χ0v) is 10.9. The van der Waals surface area contributed by atoms with E-state index in [0.717, 1.165) is 27.0 Å². The third kappa shape index (κ3) is 2.10. The van der Waals surface area contributed by atoms with E-state index in [-0.39, 0.29) is 5.91 Å². The Kier molecular flexibility index (Phi) is 3.02. The van der Waals surface area contributed by atoms with Crippen molar-refractivity contribution < 1.29 is 4.79 Å². The largest absolute Gasteiger partial charge is 0.375 e. The standard InChI is InChI=1S/C12H15N3OS/c1-4-9(16)15-10-6(2)5-8-11(7(10)3)17-12(13)14-8/h5H,4H2,1-3H3,(H2,13,14)(H,15,16). The number of nitrogens with two attached hydrogens (primary N) is 1. The first-order valence-electron chi connectivity index (χ1n) is 5.49. The fourth-order valence-corrected chi connectivity index (χ4v) is 2.64. The molecule has 0 aliphatic rings. The summed E-state index contributed by atoms with van der Waals surface area (Å²) in [6, 6.07) is 1.96. The average molecular weight is 249 g/mol. The van der Waals surface area contributed by atoms with Crippen LogP contribution in [0.1, 0.15) is 24.5 Å². The molecule has 4 nitrogen and oxygen atoms in total. The monoisotopic (exact) mass is 249 g/mol. The molecule has 1 heterocycles. The molecule has 5 heteroatoms. The molecule has 90 valence electrons. The van der Waals surface area contributed by atoms with Gasteiger partial charge in [0.2, 0.25) is 5.91 Å². The van der Waals surface area contributed by atoms with Crippen molar-refractivity contribution in [1.82, 2.24) is 4.98 Å². The van der Waals surface area contributed by atoms with Crippen LogP contribution >= 0.6 is 11.3 Å². The van der Waals surface area contributed by atoms with Gasteiger partial charge in [-0.15, -0.1) is 0 Å². The number of rotatable bonds is 2. The molecule has 0 aliphatic carbocycles. The van der Waals surface area contributed by atoms with Gasteiger partial charge < -0.3 is 11.1 Å². The Labute approximate surface area is 104 Å². The lowest BCUT2D eigenvalue weighted by atomic mass is 10.1. The molecule has 0 saturated heterocycles. The number of carbonyl (C=O) groups is 1. The molecule has 1 aromatic carbocycles. The predicted octanol–water partition coefficient (Wildman–Crippen LogP) is 2.84. The van der Waals surface area contributed by atoms with E-state index in [2.05, 4.69) is 10.3 Å². The summed E-state index contributed by atoms with van der Waals surface area (Å²) in [7, 11) is 0. The summed E-state index contributed by atoms with van der Waals surface area (Å²) in [4.78, 5) is 15.7. The summed E-state index contributed by atoms with van der Waals surface area (Å²) < 4.78 is 1.04. The van der Waals surface area contributed by atoms with Gasteiger partial charge in [-0.25, -0.2) is 4.98 Å². The van der Waals surface area contributed by atoms with E-state index in [1.54, 1.807) is 0 Å². The normalized spacial score (nSPS) is 10.8. The molecule has 0 aliphatic heterocycles. The van der Waals surface area contributed by atoms with Crippen LogP contribution in [0.3, 0.4) is 0 Å². The molecular formula is C12H15N3OS. The van der Waals surface area contributed by atoms with Crippen molar-refractivity contribution in [3.8, 4) is 0 Å². The quantitative estimate of drug-likeness (QED) is 0.860. The molecule has 1 amide bonds. The zero-order chi connectivity index (χ0) is 12.6. The SMILES string of the molecule is CCC(=O)Nc1c(C)cc2nc(N)sc2c1C. The number of thiazole rings is 1. The molecular weight excluding hydrogens is 234 g/mol. The van der Waals surface area contributed by atoms with Gasteiger partial charge in [0, 0.05) is 12.1 Å². The Balaban J connectivity index is 2.58. The number of hydrogen-bond donors (Lipinski definition) is 2. The van der Waals surface area contributed by atoms with E-state index in [9.17, 15) is 4.79 Å². The van der Waals surface area contributed by atoms with Crippen molar-refractivity contribution in [3.63, 3.8) is 0 Å². The molecule has 0 bridgehead atoms. The lowest BCUT2D eigenvalue weighted by Crippen LogP contribution is -2.11. The van der Waals surface area contributed by atoms with E-state index in [1.807, 2.05) is 26.8 Å². The van der Waals surface area contributed by atoms with Gasteiger partial charge in [-0.2, -0.15) is 0 Å². The second-order valence-electron chi connectivity index (χ2n) is 4.00. The Hall–Kier alpha value is -1.62. The maximum Gasteiger partial charge on any atom is 0.224 e. The van der Waals surface area contributed by atoms with E-state index < -0.39 is 0 Å². The van der Waals surface area contributed by atoms with Gasteiger partial charge >= 0.3 is 0 Å². The minimum absolute atomic E-state index is 0.0213.